The van der Waals surface area contributed by atoms with E-state index in [4.69, 9.17) is 0 Å². The summed E-state index contributed by atoms with van der Waals surface area (Å²) in [6.07, 6.45) is 1.82. The molecule has 2 aromatic rings. The summed E-state index contributed by atoms with van der Waals surface area (Å²) in [4.78, 5) is 27.7. The first-order chi connectivity index (χ1) is 8.58. The van der Waals surface area contributed by atoms with Crippen molar-refractivity contribution >= 4 is 22.7 Å². The molecule has 0 saturated carbocycles. The number of carbonyl (C=O) groups excluding carboxylic acids is 2. The maximum Gasteiger partial charge on any atom is 0.251 e. The van der Waals surface area contributed by atoms with E-state index in [1.54, 1.807) is 26.2 Å². The standard InChI is InChI=1S/C13H15N3O2/c1-16(2)12(17)8-15-13(18)10-4-3-9-5-6-14-11(9)7-10/h3-7,14H,8H2,1-2H3,(H,15,18). The Hall–Kier alpha value is -2.30. The van der Waals surface area contributed by atoms with Crippen molar-refractivity contribution in [3.05, 3.63) is 36.0 Å². The number of hydrogen-bond donors (Lipinski definition) is 2. The van der Waals surface area contributed by atoms with Crippen molar-refractivity contribution in [2.45, 2.75) is 0 Å². The number of benzene rings is 1. The summed E-state index contributed by atoms with van der Waals surface area (Å²) in [7, 11) is 3.30. The number of likely N-dealkylation sites (N-methyl/N-ethyl adjacent to an activating group) is 1. The first kappa shape index (κ1) is 12.2. The van der Waals surface area contributed by atoms with E-state index in [0.717, 1.165) is 10.9 Å². The average molecular weight is 245 g/mol. The smallest absolute Gasteiger partial charge is 0.251 e. The molecule has 1 aromatic heterocycles. The molecule has 18 heavy (non-hydrogen) atoms. The summed E-state index contributed by atoms with van der Waals surface area (Å²) in [5.74, 6) is -0.383. The third-order valence-electron chi connectivity index (χ3n) is 2.72. The fourth-order valence-electron chi connectivity index (χ4n) is 1.61. The topological polar surface area (TPSA) is 65.2 Å². The van der Waals surface area contributed by atoms with Gasteiger partial charge in [-0.1, -0.05) is 6.07 Å². The first-order valence-corrected chi connectivity index (χ1v) is 5.63. The Kier molecular flexibility index (Phi) is 3.32. The molecule has 0 saturated heterocycles. The van der Waals surface area contributed by atoms with Gasteiger partial charge in [0.05, 0.1) is 6.54 Å². The Morgan fingerprint density at radius 3 is 2.78 bits per heavy atom. The Morgan fingerprint density at radius 1 is 1.28 bits per heavy atom. The highest BCUT2D eigenvalue weighted by Crippen LogP contribution is 2.13. The molecule has 1 heterocycles. The lowest BCUT2D eigenvalue weighted by Gasteiger charge is -2.10. The molecule has 5 heteroatoms. The van der Waals surface area contributed by atoms with E-state index >= 15 is 0 Å². The van der Waals surface area contributed by atoms with E-state index in [9.17, 15) is 9.59 Å². The van der Waals surface area contributed by atoms with Crippen LogP contribution in [0.15, 0.2) is 30.5 Å². The van der Waals surface area contributed by atoms with Crippen molar-refractivity contribution in [1.82, 2.24) is 15.2 Å². The Labute approximate surface area is 105 Å². The second-order valence-corrected chi connectivity index (χ2v) is 4.25. The highest BCUT2D eigenvalue weighted by molar-refractivity contribution is 5.99. The van der Waals surface area contributed by atoms with Gasteiger partial charge in [-0.25, -0.2) is 0 Å². The zero-order valence-corrected chi connectivity index (χ0v) is 10.4. The molecule has 0 aliphatic carbocycles. The van der Waals surface area contributed by atoms with Crippen molar-refractivity contribution < 1.29 is 9.59 Å². The van der Waals surface area contributed by atoms with Crippen LogP contribution in [0, 0.1) is 0 Å². The molecule has 0 aliphatic rings. The van der Waals surface area contributed by atoms with E-state index in [2.05, 4.69) is 10.3 Å². The highest BCUT2D eigenvalue weighted by Gasteiger charge is 2.09. The number of rotatable bonds is 3. The van der Waals surface area contributed by atoms with Crippen molar-refractivity contribution in [3.63, 3.8) is 0 Å². The molecule has 94 valence electrons. The average Bonchev–Trinajstić information content (AvgIpc) is 2.82. The van der Waals surface area contributed by atoms with Crippen LogP contribution in [0.4, 0.5) is 0 Å². The maximum absolute atomic E-state index is 11.8. The zero-order chi connectivity index (χ0) is 13.1. The number of H-pyrrole nitrogens is 1. The summed E-state index contributed by atoms with van der Waals surface area (Å²) >= 11 is 0. The number of nitrogens with one attached hydrogen (secondary N) is 2. The molecule has 5 nitrogen and oxygen atoms in total. The number of hydrogen-bond acceptors (Lipinski definition) is 2. The fraction of sp³-hybridized carbons (Fsp3) is 0.231. The third-order valence-corrected chi connectivity index (χ3v) is 2.72. The molecule has 0 atom stereocenters. The lowest BCUT2D eigenvalue weighted by molar-refractivity contribution is -0.127. The molecule has 0 radical (unpaired) electrons. The Morgan fingerprint density at radius 2 is 2.06 bits per heavy atom. The van der Waals surface area contributed by atoms with Gasteiger partial charge in [-0.15, -0.1) is 0 Å². The largest absolute Gasteiger partial charge is 0.361 e. The van der Waals surface area contributed by atoms with Crippen molar-refractivity contribution in [3.8, 4) is 0 Å². The van der Waals surface area contributed by atoms with E-state index in [1.807, 2.05) is 18.3 Å². The monoisotopic (exact) mass is 245 g/mol. The van der Waals surface area contributed by atoms with Gasteiger partial charge >= 0.3 is 0 Å². The van der Waals surface area contributed by atoms with Gasteiger partial charge in [-0.3, -0.25) is 9.59 Å². The van der Waals surface area contributed by atoms with Crippen LogP contribution in [0.3, 0.4) is 0 Å². The van der Waals surface area contributed by atoms with Gasteiger partial charge in [-0.2, -0.15) is 0 Å². The van der Waals surface area contributed by atoms with Crippen molar-refractivity contribution in [2.75, 3.05) is 20.6 Å². The molecule has 0 bridgehead atoms. The number of fused-ring (bicyclic) bond motifs is 1. The molecule has 0 spiro atoms. The lowest BCUT2D eigenvalue weighted by Crippen LogP contribution is -2.36. The molecular formula is C13H15N3O2. The highest BCUT2D eigenvalue weighted by atomic mass is 16.2. The molecule has 2 amide bonds. The minimum Gasteiger partial charge on any atom is -0.361 e. The fourth-order valence-corrected chi connectivity index (χ4v) is 1.61. The van der Waals surface area contributed by atoms with Gasteiger partial charge in [0.25, 0.3) is 5.91 Å². The zero-order valence-electron chi connectivity index (χ0n) is 10.4. The summed E-state index contributed by atoms with van der Waals surface area (Å²) in [5.41, 5.74) is 1.44. The normalized spacial score (nSPS) is 10.3. The molecular weight excluding hydrogens is 230 g/mol. The van der Waals surface area contributed by atoms with Gasteiger partial charge < -0.3 is 15.2 Å². The van der Waals surface area contributed by atoms with Crippen LogP contribution in [0.25, 0.3) is 10.9 Å². The summed E-state index contributed by atoms with van der Waals surface area (Å²) in [6, 6.07) is 7.32. The molecule has 0 fully saturated rings. The molecule has 2 N–H and O–H groups in total. The van der Waals surface area contributed by atoms with Crippen LogP contribution < -0.4 is 5.32 Å². The van der Waals surface area contributed by atoms with E-state index < -0.39 is 0 Å². The summed E-state index contributed by atoms with van der Waals surface area (Å²) in [6.45, 7) is 0.00853. The van der Waals surface area contributed by atoms with E-state index in [1.165, 1.54) is 4.90 Å². The quantitative estimate of drug-likeness (QED) is 0.846. The first-order valence-electron chi connectivity index (χ1n) is 5.63. The van der Waals surface area contributed by atoms with Crippen LogP contribution in [0.2, 0.25) is 0 Å². The lowest BCUT2D eigenvalue weighted by atomic mass is 10.1. The van der Waals surface area contributed by atoms with Gasteiger partial charge in [0.1, 0.15) is 0 Å². The van der Waals surface area contributed by atoms with E-state index in [-0.39, 0.29) is 18.4 Å². The van der Waals surface area contributed by atoms with Gasteiger partial charge in [0, 0.05) is 31.4 Å². The number of aromatic nitrogens is 1. The summed E-state index contributed by atoms with van der Waals surface area (Å²) < 4.78 is 0. The van der Waals surface area contributed by atoms with Gasteiger partial charge in [-0.05, 0) is 23.6 Å². The second-order valence-electron chi connectivity index (χ2n) is 4.25. The molecule has 0 aliphatic heterocycles. The SMILES string of the molecule is CN(C)C(=O)CNC(=O)c1ccc2cc[nH]c2c1. The predicted octanol–water partition coefficient (Wildman–Crippen LogP) is 0.986. The number of nitrogens with zero attached hydrogens (tertiary/aromatic N) is 1. The van der Waals surface area contributed by atoms with Crippen LogP contribution in [-0.4, -0.2) is 42.3 Å². The summed E-state index contributed by atoms with van der Waals surface area (Å²) in [5, 5.41) is 3.64. The minimum absolute atomic E-state index is 0.00853. The van der Waals surface area contributed by atoms with E-state index in [0.29, 0.717) is 5.56 Å². The van der Waals surface area contributed by atoms with Crippen LogP contribution in [0.5, 0.6) is 0 Å². The molecule has 2 rings (SSSR count). The number of amides is 2. The van der Waals surface area contributed by atoms with Crippen molar-refractivity contribution in [2.24, 2.45) is 0 Å². The van der Waals surface area contributed by atoms with Crippen molar-refractivity contribution in [1.29, 1.82) is 0 Å². The number of carbonyl (C=O) groups is 2. The van der Waals surface area contributed by atoms with Crippen LogP contribution in [-0.2, 0) is 4.79 Å². The van der Waals surface area contributed by atoms with Gasteiger partial charge in [0.2, 0.25) is 5.91 Å². The predicted molar refractivity (Wildman–Crippen MR) is 69.3 cm³/mol. The second kappa shape index (κ2) is 4.91. The van der Waals surface area contributed by atoms with Gasteiger partial charge in [0.15, 0.2) is 0 Å². The Balaban J connectivity index is 2.06. The third kappa shape index (κ3) is 2.51. The molecule has 0 unspecified atom stereocenters. The van der Waals surface area contributed by atoms with Crippen LogP contribution >= 0.6 is 0 Å². The number of aromatic amines is 1. The Bertz CT molecular complexity index is 587. The maximum atomic E-state index is 11.8. The molecule has 1 aromatic carbocycles. The van der Waals surface area contributed by atoms with Crippen LogP contribution in [0.1, 0.15) is 10.4 Å². The minimum atomic E-state index is -0.248.